The fourth-order valence-corrected chi connectivity index (χ4v) is 2.46. The summed E-state index contributed by atoms with van der Waals surface area (Å²) in [7, 11) is 0. The summed E-state index contributed by atoms with van der Waals surface area (Å²) in [5, 5.41) is 2.08. The quantitative estimate of drug-likeness (QED) is 0.632. The molecule has 0 spiro atoms. The summed E-state index contributed by atoms with van der Waals surface area (Å²) in [5.74, 6) is 6.62. The molecule has 2 N–H and O–H groups in total. The highest BCUT2D eigenvalue weighted by Gasteiger charge is 1.97. The van der Waals surface area contributed by atoms with Gasteiger partial charge >= 0.3 is 0 Å². The van der Waals surface area contributed by atoms with Crippen molar-refractivity contribution in [3.63, 3.8) is 0 Å². The van der Waals surface area contributed by atoms with E-state index in [9.17, 15) is 0 Å². The Morgan fingerprint density at radius 3 is 2.86 bits per heavy atom. The molecule has 1 heterocycles. The van der Waals surface area contributed by atoms with E-state index in [1.54, 1.807) is 11.3 Å². The Labute approximate surface area is 129 Å². The van der Waals surface area contributed by atoms with Crippen LogP contribution in [0.5, 0.6) is 5.75 Å². The van der Waals surface area contributed by atoms with Crippen LogP contribution in [0.2, 0.25) is 0 Å². The summed E-state index contributed by atoms with van der Waals surface area (Å²) in [6.45, 7) is 2.22. The molecule has 0 atom stereocenters. The Bertz CT molecular complexity index is 584. The predicted octanol–water partition coefficient (Wildman–Crippen LogP) is 2.70. The maximum absolute atomic E-state index is 5.64. The van der Waals surface area contributed by atoms with Gasteiger partial charge in [0.2, 0.25) is 0 Å². The van der Waals surface area contributed by atoms with Crippen LogP contribution >= 0.6 is 11.3 Å². The maximum atomic E-state index is 5.64. The van der Waals surface area contributed by atoms with E-state index in [1.807, 2.05) is 24.3 Å². The number of thiophene rings is 1. The minimum Gasteiger partial charge on any atom is -0.491 e. The maximum Gasteiger partial charge on any atom is 0.120 e. The fraction of sp³-hybridized carbons (Fsp3) is 0.294. The fourth-order valence-electron chi connectivity index (χ4n) is 1.76. The topological polar surface area (TPSA) is 44.5 Å². The highest BCUT2D eigenvalue weighted by molar-refractivity contribution is 7.09. The number of hydrogen-bond donors (Lipinski definition) is 1. The third-order valence-electron chi connectivity index (χ3n) is 2.74. The van der Waals surface area contributed by atoms with E-state index in [1.165, 1.54) is 4.88 Å². The van der Waals surface area contributed by atoms with Gasteiger partial charge in [0.25, 0.3) is 0 Å². The van der Waals surface area contributed by atoms with Crippen LogP contribution in [0.3, 0.4) is 0 Å². The molecule has 4 heteroatoms. The average Bonchev–Trinajstić information content (AvgIpc) is 3.02. The molecule has 0 aliphatic rings. The van der Waals surface area contributed by atoms with Crippen molar-refractivity contribution in [3.8, 4) is 17.6 Å². The van der Waals surface area contributed by atoms with Crippen LogP contribution in [-0.2, 0) is 11.2 Å². The van der Waals surface area contributed by atoms with Gasteiger partial charge in [0, 0.05) is 16.9 Å². The van der Waals surface area contributed by atoms with Crippen LogP contribution in [0.15, 0.2) is 41.8 Å². The minimum absolute atomic E-state index is 0.364. The van der Waals surface area contributed by atoms with Gasteiger partial charge in [-0.25, -0.2) is 0 Å². The Morgan fingerprint density at radius 2 is 2.05 bits per heavy atom. The monoisotopic (exact) mass is 301 g/mol. The van der Waals surface area contributed by atoms with Crippen LogP contribution in [0, 0.1) is 11.8 Å². The molecule has 1 aromatic heterocycles. The third kappa shape index (κ3) is 6.01. The van der Waals surface area contributed by atoms with Gasteiger partial charge in [-0.1, -0.05) is 24.0 Å². The molecule has 0 bridgehead atoms. The number of nitrogens with two attached hydrogens (primary N) is 1. The highest BCUT2D eigenvalue weighted by Crippen LogP contribution is 2.12. The van der Waals surface area contributed by atoms with Crippen molar-refractivity contribution in [1.29, 1.82) is 0 Å². The van der Waals surface area contributed by atoms with Gasteiger partial charge < -0.3 is 15.2 Å². The van der Waals surface area contributed by atoms with Crippen molar-refractivity contribution in [3.05, 3.63) is 52.2 Å². The first kappa shape index (κ1) is 15.6. The van der Waals surface area contributed by atoms with E-state index in [4.69, 9.17) is 15.2 Å². The van der Waals surface area contributed by atoms with Gasteiger partial charge in [0.1, 0.15) is 12.4 Å². The molecule has 21 heavy (non-hydrogen) atoms. The van der Waals surface area contributed by atoms with Crippen molar-refractivity contribution in [1.82, 2.24) is 0 Å². The molecule has 2 aromatic rings. The second-order valence-electron chi connectivity index (χ2n) is 4.32. The lowest BCUT2D eigenvalue weighted by molar-refractivity contribution is 0.103. The highest BCUT2D eigenvalue weighted by atomic mass is 32.1. The van der Waals surface area contributed by atoms with Gasteiger partial charge in [-0.2, -0.15) is 0 Å². The zero-order valence-corrected chi connectivity index (χ0v) is 12.7. The van der Waals surface area contributed by atoms with E-state index < -0.39 is 0 Å². The van der Waals surface area contributed by atoms with E-state index in [0.29, 0.717) is 19.8 Å². The molecule has 0 aliphatic heterocycles. The Kier molecular flexibility index (Phi) is 6.82. The van der Waals surface area contributed by atoms with E-state index in [-0.39, 0.29) is 0 Å². The molecular formula is C17H19NO2S. The van der Waals surface area contributed by atoms with Gasteiger partial charge in [-0.3, -0.25) is 0 Å². The number of ether oxygens (including phenoxy) is 2. The predicted molar refractivity (Wildman–Crippen MR) is 86.7 cm³/mol. The van der Waals surface area contributed by atoms with E-state index in [0.717, 1.165) is 24.3 Å². The Morgan fingerprint density at radius 1 is 1.10 bits per heavy atom. The van der Waals surface area contributed by atoms with Crippen LogP contribution < -0.4 is 10.5 Å². The van der Waals surface area contributed by atoms with Crippen molar-refractivity contribution < 1.29 is 9.47 Å². The lowest BCUT2D eigenvalue weighted by Gasteiger charge is -2.07. The molecule has 0 amide bonds. The Balaban J connectivity index is 1.64. The SMILES string of the molecule is NCC#Cc1cccc(OCCOCCc2cccs2)c1. The van der Waals surface area contributed by atoms with Gasteiger partial charge in [0.05, 0.1) is 19.8 Å². The summed E-state index contributed by atoms with van der Waals surface area (Å²) < 4.78 is 11.2. The first-order valence-corrected chi connectivity index (χ1v) is 7.78. The molecule has 0 fully saturated rings. The number of hydrogen-bond acceptors (Lipinski definition) is 4. The van der Waals surface area contributed by atoms with Crippen LogP contribution in [0.25, 0.3) is 0 Å². The van der Waals surface area contributed by atoms with Gasteiger partial charge in [-0.05, 0) is 29.6 Å². The standard InChI is InChI=1S/C17H19NO2S/c18-9-2-5-15-4-1-6-16(14-15)20-12-11-19-10-8-17-7-3-13-21-17/h1,3-4,6-7,13-14H,8-12,18H2. The Hall–Kier alpha value is -1.80. The van der Waals surface area contributed by atoms with E-state index in [2.05, 4.69) is 29.4 Å². The van der Waals surface area contributed by atoms with Crippen molar-refractivity contribution in [2.75, 3.05) is 26.4 Å². The normalized spacial score (nSPS) is 9.95. The summed E-state index contributed by atoms with van der Waals surface area (Å²) in [4.78, 5) is 1.35. The number of benzene rings is 1. The second-order valence-corrected chi connectivity index (χ2v) is 5.36. The first-order chi connectivity index (χ1) is 10.4. The van der Waals surface area contributed by atoms with Crippen molar-refractivity contribution in [2.24, 2.45) is 5.73 Å². The molecular weight excluding hydrogens is 282 g/mol. The lowest BCUT2D eigenvalue weighted by atomic mass is 10.2. The smallest absolute Gasteiger partial charge is 0.120 e. The first-order valence-electron chi connectivity index (χ1n) is 6.90. The molecule has 0 saturated heterocycles. The molecule has 0 aliphatic carbocycles. The van der Waals surface area contributed by atoms with Gasteiger partial charge in [-0.15, -0.1) is 11.3 Å². The molecule has 0 saturated carbocycles. The van der Waals surface area contributed by atoms with Crippen molar-refractivity contribution >= 4 is 11.3 Å². The molecule has 110 valence electrons. The largest absolute Gasteiger partial charge is 0.491 e. The second kappa shape index (κ2) is 9.19. The molecule has 1 aromatic carbocycles. The summed E-state index contributed by atoms with van der Waals surface area (Å²) in [6, 6.07) is 11.9. The van der Waals surface area contributed by atoms with Gasteiger partial charge in [0.15, 0.2) is 0 Å². The van der Waals surface area contributed by atoms with Crippen LogP contribution in [-0.4, -0.2) is 26.4 Å². The summed E-state index contributed by atoms with van der Waals surface area (Å²) in [5.41, 5.74) is 6.27. The third-order valence-corrected chi connectivity index (χ3v) is 3.67. The zero-order valence-electron chi connectivity index (χ0n) is 11.9. The minimum atomic E-state index is 0.364. The van der Waals surface area contributed by atoms with Crippen LogP contribution in [0.4, 0.5) is 0 Å². The molecule has 2 rings (SSSR count). The molecule has 0 unspecified atom stereocenters. The van der Waals surface area contributed by atoms with Crippen molar-refractivity contribution in [2.45, 2.75) is 6.42 Å². The molecule has 3 nitrogen and oxygen atoms in total. The summed E-state index contributed by atoms with van der Waals surface area (Å²) in [6.07, 6.45) is 0.960. The van der Waals surface area contributed by atoms with E-state index >= 15 is 0 Å². The average molecular weight is 301 g/mol. The lowest BCUT2D eigenvalue weighted by Crippen LogP contribution is -2.08. The number of rotatable bonds is 7. The molecule has 0 radical (unpaired) electrons. The summed E-state index contributed by atoms with van der Waals surface area (Å²) >= 11 is 1.76. The van der Waals surface area contributed by atoms with Crippen LogP contribution in [0.1, 0.15) is 10.4 Å². The zero-order chi connectivity index (χ0) is 14.8.